The SMILES string of the molecule is O=C(O)c1cccc(OCCC2CCC2)n1. The van der Waals surface area contributed by atoms with Crippen molar-refractivity contribution in [1.29, 1.82) is 0 Å². The number of carboxylic acid groups (broad SMARTS) is 1. The van der Waals surface area contributed by atoms with Crippen molar-refractivity contribution in [2.75, 3.05) is 6.61 Å². The van der Waals surface area contributed by atoms with Crippen LogP contribution in [0, 0.1) is 5.92 Å². The minimum absolute atomic E-state index is 0.0288. The summed E-state index contributed by atoms with van der Waals surface area (Å²) in [7, 11) is 0. The standard InChI is InChI=1S/C12H15NO3/c14-12(15)10-5-2-6-11(13-10)16-8-7-9-3-1-4-9/h2,5-6,9H,1,3-4,7-8H2,(H,14,15). The lowest BCUT2D eigenvalue weighted by Crippen LogP contribution is -2.15. The minimum Gasteiger partial charge on any atom is -0.478 e. The smallest absolute Gasteiger partial charge is 0.354 e. The van der Waals surface area contributed by atoms with Gasteiger partial charge in [-0.1, -0.05) is 25.3 Å². The average molecular weight is 221 g/mol. The largest absolute Gasteiger partial charge is 0.478 e. The molecule has 1 saturated carbocycles. The third-order valence-corrected chi connectivity index (χ3v) is 2.94. The molecule has 0 radical (unpaired) electrons. The van der Waals surface area contributed by atoms with E-state index in [1.54, 1.807) is 12.1 Å². The maximum absolute atomic E-state index is 10.7. The van der Waals surface area contributed by atoms with E-state index in [0.29, 0.717) is 12.5 Å². The minimum atomic E-state index is -1.02. The van der Waals surface area contributed by atoms with Crippen molar-refractivity contribution >= 4 is 5.97 Å². The molecule has 4 heteroatoms. The lowest BCUT2D eigenvalue weighted by atomic mass is 9.83. The molecule has 4 nitrogen and oxygen atoms in total. The van der Waals surface area contributed by atoms with Crippen molar-refractivity contribution in [3.8, 4) is 5.88 Å². The molecule has 0 aliphatic heterocycles. The number of nitrogens with zero attached hydrogens (tertiary/aromatic N) is 1. The normalized spacial score (nSPS) is 15.5. The predicted octanol–water partition coefficient (Wildman–Crippen LogP) is 2.35. The van der Waals surface area contributed by atoms with E-state index < -0.39 is 5.97 Å². The topological polar surface area (TPSA) is 59.4 Å². The Morgan fingerprint density at radius 3 is 2.94 bits per heavy atom. The van der Waals surface area contributed by atoms with Crippen LogP contribution in [0.3, 0.4) is 0 Å². The van der Waals surface area contributed by atoms with Crippen LogP contribution in [0.15, 0.2) is 18.2 Å². The lowest BCUT2D eigenvalue weighted by Gasteiger charge is -2.24. The van der Waals surface area contributed by atoms with E-state index in [9.17, 15) is 4.79 Å². The maximum atomic E-state index is 10.7. The van der Waals surface area contributed by atoms with Crippen molar-refractivity contribution in [3.05, 3.63) is 23.9 Å². The summed E-state index contributed by atoms with van der Waals surface area (Å²) in [6.07, 6.45) is 4.97. The average Bonchev–Trinajstić information content (AvgIpc) is 2.22. The van der Waals surface area contributed by atoms with Crippen molar-refractivity contribution in [2.45, 2.75) is 25.7 Å². The van der Waals surface area contributed by atoms with E-state index in [0.717, 1.165) is 12.3 Å². The quantitative estimate of drug-likeness (QED) is 0.829. The van der Waals surface area contributed by atoms with E-state index >= 15 is 0 Å². The highest BCUT2D eigenvalue weighted by molar-refractivity contribution is 5.85. The lowest BCUT2D eigenvalue weighted by molar-refractivity contribution is 0.0689. The van der Waals surface area contributed by atoms with Crippen LogP contribution >= 0.6 is 0 Å². The van der Waals surface area contributed by atoms with Gasteiger partial charge in [-0.25, -0.2) is 9.78 Å². The summed E-state index contributed by atoms with van der Waals surface area (Å²) in [6, 6.07) is 4.80. The molecule has 0 unspecified atom stereocenters. The Hall–Kier alpha value is -1.58. The van der Waals surface area contributed by atoms with Gasteiger partial charge in [0.1, 0.15) is 0 Å². The molecular formula is C12H15NO3. The van der Waals surface area contributed by atoms with Gasteiger partial charge in [0.25, 0.3) is 0 Å². The van der Waals surface area contributed by atoms with Crippen LogP contribution in [-0.2, 0) is 0 Å². The molecule has 0 bridgehead atoms. The Morgan fingerprint density at radius 1 is 1.50 bits per heavy atom. The summed E-state index contributed by atoms with van der Waals surface area (Å²) >= 11 is 0. The molecule has 1 aromatic heterocycles. The molecule has 1 aliphatic rings. The molecule has 0 aromatic carbocycles. The third kappa shape index (κ3) is 2.72. The number of carbonyl (C=O) groups is 1. The summed E-state index contributed by atoms with van der Waals surface area (Å²) in [5.74, 6) is 0.173. The molecule has 0 amide bonds. The molecular weight excluding hydrogens is 206 g/mol. The van der Waals surface area contributed by atoms with E-state index in [4.69, 9.17) is 9.84 Å². The first-order chi connectivity index (χ1) is 7.75. The summed E-state index contributed by atoms with van der Waals surface area (Å²) < 4.78 is 5.43. The Labute approximate surface area is 94.3 Å². The van der Waals surface area contributed by atoms with Crippen LogP contribution < -0.4 is 4.74 Å². The predicted molar refractivity (Wildman–Crippen MR) is 58.6 cm³/mol. The van der Waals surface area contributed by atoms with E-state index in [1.165, 1.54) is 25.3 Å². The second-order valence-electron chi connectivity index (χ2n) is 4.10. The Balaban J connectivity index is 1.83. The monoisotopic (exact) mass is 221 g/mol. The van der Waals surface area contributed by atoms with Crippen LogP contribution in [0.4, 0.5) is 0 Å². The van der Waals surface area contributed by atoms with Gasteiger partial charge in [0.2, 0.25) is 5.88 Å². The second-order valence-corrected chi connectivity index (χ2v) is 4.10. The van der Waals surface area contributed by atoms with E-state index in [1.807, 2.05) is 0 Å². The number of hydrogen-bond donors (Lipinski definition) is 1. The molecule has 86 valence electrons. The molecule has 0 spiro atoms. The van der Waals surface area contributed by atoms with Crippen molar-refractivity contribution in [2.24, 2.45) is 5.92 Å². The molecule has 1 fully saturated rings. The van der Waals surface area contributed by atoms with Crippen molar-refractivity contribution in [3.63, 3.8) is 0 Å². The Morgan fingerprint density at radius 2 is 2.31 bits per heavy atom. The van der Waals surface area contributed by atoms with Gasteiger partial charge >= 0.3 is 5.97 Å². The first-order valence-electron chi connectivity index (χ1n) is 5.59. The van der Waals surface area contributed by atoms with E-state index in [2.05, 4.69) is 4.98 Å². The zero-order chi connectivity index (χ0) is 11.4. The first-order valence-corrected chi connectivity index (χ1v) is 5.59. The molecule has 1 aliphatic carbocycles. The molecule has 1 aromatic rings. The van der Waals surface area contributed by atoms with Crippen LogP contribution in [0.1, 0.15) is 36.2 Å². The van der Waals surface area contributed by atoms with Crippen LogP contribution in [0.2, 0.25) is 0 Å². The van der Waals surface area contributed by atoms with Gasteiger partial charge in [-0.05, 0) is 18.4 Å². The van der Waals surface area contributed by atoms with Gasteiger partial charge in [0, 0.05) is 6.07 Å². The number of ether oxygens (including phenoxy) is 1. The third-order valence-electron chi connectivity index (χ3n) is 2.94. The highest BCUT2D eigenvalue weighted by atomic mass is 16.5. The van der Waals surface area contributed by atoms with Gasteiger partial charge in [-0.3, -0.25) is 0 Å². The van der Waals surface area contributed by atoms with Crippen LogP contribution in [0.25, 0.3) is 0 Å². The highest BCUT2D eigenvalue weighted by Gasteiger charge is 2.17. The number of hydrogen-bond acceptors (Lipinski definition) is 3. The fourth-order valence-corrected chi connectivity index (χ4v) is 1.73. The van der Waals surface area contributed by atoms with E-state index in [-0.39, 0.29) is 5.69 Å². The van der Waals surface area contributed by atoms with Crippen molar-refractivity contribution in [1.82, 2.24) is 4.98 Å². The van der Waals surface area contributed by atoms with Gasteiger partial charge in [-0.15, -0.1) is 0 Å². The van der Waals surface area contributed by atoms with Crippen LogP contribution in [-0.4, -0.2) is 22.7 Å². The molecule has 0 atom stereocenters. The second kappa shape index (κ2) is 4.96. The Bertz CT molecular complexity index is 374. The Kier molecular flexibility index (Phi) is 3.39. The summed E-state index contributed by atoms with van der Waals surface area (Å²) in [5, 5.41) is 8.75. The molecule has 2 rings (SSSR count). The molecule has 0 saturated heterocycles. The fourth-order valence-electron chi connectivity index (χ4n) is 1.73. The summed E-state index contributed by atoms with van der Waals surface area (Å²) in [4.78, 5) is 14.6. The fraction of sp³-hybridized carbons (Fsp3) is 0.500. The molecule has 16 heavy (non-hydrogen) atoms. The van der Waals surface area contributed by atoms with Gasteiger partial charge in [-0.2, -0.15) is 0 Å². The number of carboxylic acids is 1. The zero-order valence-corrected chi connectivity index (χ0v) is 9.06. The summed E-state index contributed by atoms with van der Waals surface area (Å²) in [6.45, 7) is 0.626. The van der Waals surface area contributed by atoms with Gasteiger partial charge in [0.15, 0.2) is 5.69 Å². The molecule has 1 N–H and O–H groups in total. The number of pyridine rings is 1. The zero-order valence-electron chi connectivity index (χ0n) is 9.06. The highest BCUT2D eigenvalue weighted by Crippen LogP contribution is 2.29. The maximum Gasteiger partial charge on any atom is 0.354 e. The number of aromatic nitrogens is 1. The first kappa shape index (κ1) is 10.9. The number of aromatic carboxylic acids is 1. The van der Waals surface area contributed by atoms with Crippen molar-refractivity contribution < 1.29 is 14.6 Å². The van der Waals surface area contributed by atoms with Crippen LogP contribution in [0.5, 0.6) is 5.88 Å². The van der Waals surface area contributed by atoms with Gasteiger partial charge < -0.3 is 9.84 Å². The number of rotatable bonds is 5. The summed E-state index contributed by atoms with van der Waals surface area (Å²) in [5.41, 5.74) is 0.0288. The van der Waals surface area contributed by atoms with Gasteiger partial charge in [0.05, 0.1) is 6.61 Å². The molecule has 1 heterocycles.